The molecule has 5 heteroatoms. The first-order valence-corrected chi connectivity index (χ1v) is 7.05. The number of benzene rings is 2. The van der Waals surface area contributed by atoms with Crippen molar-refractivity contribution in [3.8, 4) is 0 Å². The van der Waals surface area contributed by atoms with Crippen LogP contribution in [0.4, 0.5) is 8.78 Å². The van der Waals surface area contributed by atoms with Crippen LogP contribution in [-0.2, 0) is 20.8 Å². The lowest BCUT2D eigenvalue weighted by molar-refractivity contribution is -0.232. The molecular formula is C17H16F2O3. The fourth-order valence-corrected chi connectivity index (χ4v) is 2.27. The first-order valence-electron chi connectivity index (χ1n) is 7.05. The van der Waals surface area contributed by atoms with Crippen LogP contribution in [0.3, 0.4) is 0 Å². The summed E-state index contributed by atoms with van der Waals surface area (Å²) in [4.78, 5) is 0. The molecule has 0 aliphatic carbocycles. The van der Waals surface area contributed by atoms with Crippen molar-refractivity contribution in [1.82, 2.24) is 0 Å². The molecule has 0 aromatic heterocycles. The molecule has 1 fully saturated rings. The van der Waals surface area contributed by atoms with Crippen LogP contribution < -0.4 is 0 Å². The maximum atomic E-state index is 13.2. The Morgan fingerprint density at radius 1 is 0.955 bits per heavy atom. The van der Waals surface area contributed by atoms with Gasteiger partial charge in [0.1, 0.15) is 17.7 Å². The van der Waals surface area contributed by atoms with Gasteiger partial charge in [-0.15, -0.1) is 0 Å². The van der Waals surface area contributed by atoms with Crippen molar-refractivity contribution in [2.75, 3.05) is 13.2 Å². The molecule has 3 rings (SSSR count). The van der Waals surface area contributed by atoms with Gasteiger partial charge < -0.3 is 14.2 Å². The molecule has 0 N–H and O–H groups in total. The molecule has 2 aromatic carbocycles. The third-order valence-electron chi connectivity index (χ3n) is 3.36. The third-order valence-corrected chi connectivity index (χ3v) is 3.36. The SMILES string of the molecule is Fc1cccc(CO[C@H]2CO[C@@H](c3cccc(F)c3)OC2)c1. The minimum Gasteiger partial charge on any atom is -0.369 e. The van der Waals surface area contributed by atoms with Crippen molar-refractivity contribution >= 4 is 0 Å². The van der Waals surface area contributed by atoms with Crippen LogP contribution in [0.25, 0.3) is 0 Å². The van der Waals surface area contributed by atoms with E-state index in [4.69, 9.17) is 14.2 Å². The molecule has 0 radical (unpaired) electrons. The number of ether oxygens (including phenoxy) is 3. The average molecular weight is 306 g/mol. The molecule has 0 unspecified atom stereocenters. The Kier molecular flexibility index (Phi) is 4.77. The van der Waals surface area contributed by atoms with Gasteiger partial charge in [-0.1, -0.05) is 24.3 Å². The van der Waals surface area contributed by atoms with Gasteiger partial charge in [-0.3, -0.25) is 0 Å². The lowest BCUT2D eigenvalue weighted by Crippen LogP contribution is -2.33. The molecule has 0 amide bonds. The summed E-state index contributed by atoms with van der Waals surface area (Å²) < 4.78 is 43.0. The van der Waals surface area contributed by atoms with Crippen molar-refractivity contribution in [1.29, 1.82) is 0 Å². The molecule has 0 spiro atoms. The summed E-state index contributed by atoms with van der Waals surface area (Å²) in [5, 5.41) is 0. The maximum absolute atomic E-state index is 13.2. The summed E-state index contributed by atoms with van der Waals surface area (Å²) in [5.41, 5.74) is 1.40. The van der Waals surface area contributed by atoms with Crippen LogP contribution in [0.2, 0.25) is 0 Å². The van der Waals surface area contributed by atoms with Crippen LogP contribution in [0.15, 0.2) is 48.5 Å². The number of rotatable bonds is 4. The highest BCUT2D eigenvalue weighted by Gasteiger charge is 2.24. The molecule has 116 valence electrons. The number of hydrogen-bond donors (Lipinski definition) is 0. The highest BCUT2D eigenvalue weighted by atomic mass is 19.1. The normalized spacial score (nSPS) is 21.7. The first kappa shape index (κ1) is 15.1. The summed E-state index contributed by atoms with van der Waals surface area (Å²) in [5.74, 6) is -0.613. The van der Waals surface area contributed by atoms with Gasteiger partial charge in [0.2, 0.25) is 0 Å². The topological polar surface area (TPSA) is 27.7 Å². The zero-order valence-corrected chi connectivity index (χ0v) is 11.9. The fourth-order valence-electron chi connectivity index (χ4n) is 2.27. The van der Waals surface area contributed by atoms with E-state index in [9.17, 15) is 8.78 Å². The second kappa shape index (κ2) is 6.96. The Balaban J connectivity index is 1.49. The van der Waals surface area contributed by atoms with Crippen LogP contribution in [0.5, 0.6) is 0 Å². The van der Waals surface area contributed by atoms with Crippen molar-refractivity contribution in [3.05, 3.63) is 71.3 Å². The number of hydrogen-bond acceptors (Lipinski definition) is 3. The molecule has 1 heterocycles. The molecule has 1 aliphatic heterocycles. The van der Waals surface area contributed by atoms with Gasteiger partial charge in [0, 0.05) is 5.56 Å². The van der Waals surface area contributed by atoms with Gasteiger partial charge in [-0.2, -0.15) is 0 Å². The monoisotopic (exact) mass is 306 g/mol. The highest BCUT2D eigenvalue weighted by molar-refractivity contribution is 5.18. The Labute approximate surface area is 127 Å². The standard InChI is InChI=1S/C17H16F2O3/c18-14-5-1-3-12(7-14)9-20-16-10-21-17(22-11-16)13-4-2-6-15(19)8-13/h1-8,16-17H,9-11H2/t16-,17+. The van der Waals surface area contributed by atoms with Gasteiger partial charge in [0.15, 0.2) is 6.29 Å². The molecular weight excluding hydrogens is 290 g/mol. The largest absolute Gasteiger partial charge is 0.369 e. The van der Waals surface area contributed by atoms with E-state index in [1.54, 1.807) is 24.3 Å². The van der Waals surface area contributed by atoms with E-state index < -0.39 is 6.29 Å². The number of halogens is 2. The lowest BCUT2D eigenvalue weighted by Gasteiger charge is -2.29. The zero-order valence-electron chi connectivity index (χ0n) is 11.9. The molecule has 1 aliphatic rings. The first-order chi connectivity index (χ1) is 10.7. The van der Waals surface area contributed by atoms with E-state index in [-0.39, 0.29) is 17.7 Å². The Morgan fingerprint density at radius 3 is 2.32 bits per heavy atom. The molecule has 3 nitrogen and oxygen atoms in total. The second-order valence-electron chi connectivity index (χ2n) is 5.12. The van der Waals surface area contributed by atoms with Gasteiger partial charge in [0.05, 0.1) is 19.8 Å². The van der Waals surface area contributed by atoms with Crippen molar-refractivity contribution < 1.29 is 23.0 Å². The second-order valence-corrected chi connectivity index (χ2v) is 5.12. The summed E-state index contributed by atoms with van der Waals surface area (Å²) in [6.07, 6.45) is -0.808. The molecule has 1 saturated heterocycles. The molecule has 0 atom stereocenters. The van der Waals surface area contributed by atoms with E-state index in [1.165, 1.54) is 24.3 Å². The fraction of sp³-hybridized carbons (Fsp3) is 0.294. The minimum atomic E-state index is -0.579. The predicted octanol–water partition coefficient (Wildman–Crippen LogP) is 3.60. The summed E-state index contributed by atoms with van der Waals surface area (Å²) in [6.45, 7) is 0.979. The molecule has 0 saturated carbocycles. The van der Waals surface area contributed by atoms with Crippen LogP contribution in [0.1, 0.15) is 17.4 Å². The smallest absolute Gasteiger partial charge is 0.184 e. The minimum absolute atomic E-state index is 0.229. The van der Waals surface area contributed by atoms with Crippen molar-refractivity contribution in [3.63, 3.8) is 0 Å². The third kappa shape index (κ3) is 3.88. The lowest BCUT2D eigenvalue weighted by atomic mass is 10.2. The molecule has 0 bridgehead atoms. The van der Waals surface area contributed by atoms with Gasteiger partial charge in [-0.25, -0.2) is 8.78 Å². The van der Waals surface area contributed by atoms with Gasteiger partial charge in [0.25, 0.3) is 0 Å². The Hall–Kier alpha value is -1.82. The average Bonchev–Trinajstić information content (AvgIpc) is 2.54. The van der Waals surface area contributed by atoms with Crippen LogP contribution in [0, 0.1) is 11.6 Å². The Morgan fingerprint density at radius 2 is 1.64 bits per heavy atom. The van der Waals surface area contributed by atoms with Crippen LogP contribution >= 0.6 is 0 Å². The maximum Gasteiger partial charge on any atom is 0.184 e. The zero-order chi connectivity index (χ0) is 15.4. The molecule has 2 aromatic rings. The van der Waals surface area contributed by atoms with E-state index in [2.05, 4.69) is 0 Å². The Bertz CT molecular complexity index is 625. The highest BCUT2D eigenvalue weighted by Crippen LogP contribution is 2.24. The van der Waals surface area contributed by atoms with Crippen molar-refractivity contribution in [2.24, 2.45) is 0 Å². The summed E-state index contributed by atoms with van der Waals surface area (Å²) in [7, 11) is 0. The summed E-state index contributed by atoms with van der Waals surface area (Å²) >= 11 is 0. The molecule has 22 heavy (non-hydrogen) atoms. The van der Waals surface area contributed by atoms with E-state index in [0.717, 1.165) is 5.56 Å². The van der Waals surface area contributed by atoms with Crippen LogP contribution in [-0.4, -0.2) is 19.3 Å². The quantitative estimate of drug-likeness (QED) is 0.864. The van der Waals surface area contributed by atoms with E-state index in [0.29, 0.717) is 25.4 Å². The van der Waals surface area contributed by atoms with Gasteiger partial charge in [-0.05, 0) is 29.8 Å². The predicted molar refractivity (Wildman–Crippen MR) is 76.0 cm³/mol. The summed E-state index contributed by atoms with van der Waals surface area (Å²) in [6, 6.07) is 12.4. The van der Waals surface area contributed by atoms with Crippen molar-refractivity contribution in [2.45, 2.75) is 19.0 Å². The van der Waals surface area contributed by atoms with E-state index in [1.807, 2.05) is 0 Å². The van der Waals surface area contributed by atoms with E-state index >= 15 is 0 Å². The van der Waals surface area contributed by atoms with Gasteiger partial charge >= 0.3 is 0 Å².